The van der Waals surface area contributed by atoms with Crippen molar-refractivity contribution in [3.05, 3.63) is 26.9 Å². The van der Waals surface area contributed by atoms with Crippen LogP contribution in [0.2, 0.25) is 0 Å². The lowest BCUT2D eigenvalue weighted by molar-refractivity contribution is 0.103. The third kappa shape index (κ3) is 2.23. The van der Waals surface area contributed by atoms with E-state index < -0.39 is 0 Å². The zero-order valence-corrected chi connectivity index (χ0v) is 10.7. The molecule has 1 aliphatic rings. The smallest absolute Gasteiger partial charge is 0.267 e. The number of rotatable bonds is 2. The lowest BCUT2D eigenvalue weighted by Gasteiger charge is -2.08. The molecular formula is C11H11N3OS2. The van der Waals surface area contributed by atoms with E-state index in [0.29, 0.717) is 5.13 Å². The summed E-state index contributed by atoms with van der Waals surface area (Å²) in [5, 5.41) is 10.8. The number of amides is 1. The minimum Gasteiger partial charge on any atom is -0.296 e. The number of carbonyl (C=O) groups is 1. The van der Waals surface area contributed by atoms with E-state index in [9.17, 15) is 4.79 Å². The molecular weight excluding hydrogens is 254 g/mol. The lowest BCUT2D eigenvalue weighted by atomic mass is 9.99. The van der Waals surface area contributed by atoms with E-state index in [4.69, 9.17) is 0 Å². The summed E-state index contributed by atoms with van der Waals surface area (Å²) >= 11 is 2.94. The molecule has 0 radical (unpaired) electrons. The summed E-state index contributed by atoms with van der Waals surface area (Å²) in [4.78, 5) is 14.1. The molecule has 0 aliphatic heterocycles. The number of carbonyl (C=O) groups excluding carboxylic acids is 1. The largest absolute Gasteiger partial charge is 0.296 e. The van der Waals surface area contributed by atoms with Crippen molar-refractivity contribution in [1.82, 2.24) is 10.2 Å². The van der Waals surface area contributed by atoms with Crippen molar-refractivity contribution in [1.29, 1.82) is 0 Å². The Bertz CT molecular complexity index is 509. The van der Waals surface area contributed by atoms with Gasteiger partial charge in [-0.15, -0.1) is 21.5 Å². The van der Waals surface area contributed by atoms with Gasteiger partial charge in [0, 0.05) is 4.88 Å². The predicted octanol–water partition coefficient (Wildman–Crippen LogP) is 2.73. The fraction of sp³-hybridized carbons (Fsp3) is 0.364. The number of hydrogen-bond acceptors (Lipinski definition) is 5. The molecule has 2 aromatic heterocycles. The summed E-state index contributed by atoms with van der Waals surface area (Å²) in [6.45, 7) is 0. The molecule has 4 nitrogen and oxygen atoms in total. The van der Waals surface area contributed by atoms with E-state index in [1.54, 1.807) is 16.8 Å². The zero-order valence-electron chi connectivity index (χ0n) is 9.10. The fourth-order valence-electron chi connectivity index (χ4n) is 1.99. The molecule has 0 unspecified atom stereocenters. The molecule has 3 rings (SSSR count). The number of hydrogen-bond donors (Lipinski definition) is 1. The molecule has 0 aromatic carbocycles. The van der Waals surface area contributed by atoms with E-state index in [1.807, 2.05) is 6.07 Å². The molecule has 1 N–H and O–H groups in total. The van der Waals surface area contributed by atoms with Gasteiger partial charge in [0.25, 0.3) is 5.91 Å². The Kier molecular flexibility index (Phi) is 2.90. The van der Waals surface area contributed by atoms with Gasteiger partial charge in [0.1, 0.15) is 5.51 Å². The average Bonchev–Trinajstić information content (AvgIpc) is 2.96. The van der Waals surface area contributed by atoms with E-state index in [-0.39, 0.29) is 5.91 Å². The molecule has 0 atom stereocenters. The summed E-state index contributed by atoms with van der Waals surface area (Å²) < 4.78 is 0. The zero-order chi connectivity index (χ0) is 11.7. The van der Waals surface area contributed by atoms with Crippen LogP contribution in [-0.2, 0) is 12.8 Å². The van der Waals surface area contributed by atoms with Gasteiger partial charge in [0.15, 0.2) is 0 Å². The highest BCUT2D eigenvalue weighted by molar-refractivity contribution is 7.15. The number of aromatic nitrogens is 2. The van der Waals surface area contributed by atoms with E-state index in [2.05, 4.69) is 15.5 Å². The van der Waals surface area contributed by atoms with Crippen molar-refractivity contribution in [2.24, 2.45) is 0 Å². The molecule has 0 saturated carbocycles. The molecule has 88 valence electrons. The first kappa shape index (κ1) is 10.9. The first-order chi connectivity index (χ1) is 8.33. The minimum absolute atomic E-state index is 0.0684. The Labute approximate surface area is 107 Å². The quantitative estimate of drug-likeness (QED) is 0.908. The van der Waals surface area contributed by atoms with Crippen LogP contribution in [-0.4, -0.2) is 16.1 Å². The molecule has 17 heavy (non-hydrogen) atoms. The van der Waals surface area contributed by atoms with Crippen molar-refractivity contribution in [2.45, 2.75) is 25.7 Å². The maximum absolute atomic E-state index is 12.0. The molecule has 1 amide bonds. The van der Waals surface area contributed by atoms with Crippen LogP contribution in [0, 0.1) is 0 Å². The molecule has 0 fully saturated rings. The fourth-order valence-corrected chi connectivity index (χ4v) is 3.58. The van der Waals surface area contributed by atoms with Crippen molar-refractivity contribution in [2.75, 3.05) is 5.32 Å². The standard InChI is InChI=1S/C11H11N3OS2/c15-10(13-11-14-12-6-16-11)9-5-7-3-1-2-4-8(7)17-9/h5-6H,1-4H2,(H,13,14,15). The first-order valence-electron chi connectivity index (χ1n) is 5.52. The van der Waals surface area contributed by atoms with Crippen LogP contribution < -0.4 is 5.32 Å². The van der Waals surface area contributed by atoms with E-state index in [1.165, 1.54) is 34.6 Å². The van der Waals surface area contributed by atoms with Crippen LogP contribution in [0.25, 0.3) is 0 Å². The van der Waals surface area contributed by atoms with Gasteiger partial charge in [-0.05, 0) is 37.3 Å². The van der Waals surface area contributed by atoms with Gasteiger partial charge >= 0.3 is 0 Å². The number of aryl methyl sites for hydroxylation is 2. The Balaban J connectivity index is 1.79. The summed E-state index contributed by atoms with van der Waals surface area (Å²) in [5.74, 6) is -0.0684. The highest BCUT2D eigenvalue weighted by atomic mass is 32.1. The van der Waals surface area contributed by atoms with Crippen molar-refractivity contribution in [3.63, 3.8) is 0 Å². The number of anilines is 1. The van der Waals surface area contributed by atoms with Gasteiger partial charge in [-0.1, -0.05) is 11.3 Å². The SMILES string of the molecule is O=C(Nc1nncs1)c1cc2c(s1)CCCC2. The van der Waals surface area contributed by atoms with Crippen molar-refractivity contribution >= 4 is 33.7 Å². The predicted molar refractivity (Wildman–Crippen MR) is 68.8 cm³/mol. The highest BCUT2D eigenvalue weighted by Gasteiger charge is 2.17. The molecule has 0 saturated heterocycles. The van der Waals surface area contributed by atoms with Crippen LogP contribution in [0.5, 0.6) is 0 Å². The Morgan fingerprint density at radius 1 is 1.35 bits per heavy atom. The van der Waals surface area contributed by atoms with Gasteiger partial charge in [-0.25, -0.2) is 0 Å². The summed E-state index contributed by atoms with van der Waals surface area (Å²) in [7, 11) is 0. The maximum atomic E-state index is 12.0. The normalized spacial score (nSPS) is 14.4. The van der Waals surface area contributed by atoms with E-state index >= 15 is 0 Å². The van der Waals surface area contributed by atoms with E-state index in [0.717, 1.165) is 17.7 Å². The van der Waals surface area contributed by atoms with Crippen LogP contribution in [0.1, 0.15) is 33.0 Å². The molecule has 1 aliphatic carbocycles. The molecule has 0 bridgehead atoms. The second-order valence-electron chi connectivity index (χ2n) is 3.96. The minimum atomic E-state index is -0.0684. The lowest BCUT2D eigenvalue weighted by Crippen LogP contribution is -2.09. The monoisotopic (exact) mass is 265 g/mol. The number of fused-ring (bicyclic) bond motifs is 1. The van der Waals surface area contributed by atoms with Crippen molar-refractivity contribution < 1.29 is 4.79 Å². The van der Waals surface area contributed by atoms with Gasteiger partial charge in [-0.3, -0.25) is 10.1 Å². The Morgan fingerprint density at radius 2 is 2.24 bits per heavy atom. The van der Waals surface area contributed by atoms with Crippen LogP contribution in [0.3, 0.4) is 0 Å². The van der Waals surface area contributed by atoms with Gasteiger partial charge in [-0.2, -0.15) is 0 Å². The van der Waals surface area contributed by atoms with Crippen LogP contribution in [0.4, 0.5) is 5.13 Å². The topological polar surface area (TPSA) is 54.9 Å². The number of nitrogens with one attached hydrogen (secondary N) is 1. The first-order valence-corrected chi connectivity index (χ1v) is 7.21. The van der Waals surface area contributed by atoms with Crippen molar-refractivity contribution in [3.8, 4) is 0 Å². The van der Waals surface area contributed by atoms with Gasteiger partial charge < -0.3 is 0 Å². The molecule has 0 spiro atoms. The molecule has 6 heteroatoms. The Morgan fingerprint density at radius 3 is 3.00 bits per heavy atom. The van der Waals surface area contributed by atoms with Gasteiger partial charge in [0.2, 0.25) is 5.13 Å². The number of thiophene rings is 1. The third-order valence-corrected chi connectivity index (χ3v) is 4.64. The molecule has 2 heterocycles. The third-order valence-electron chi connectivity index (χ3n) is 2.80. The summed E-state index contributed by atoms with van der Waals surface area (Å²) in [6, 6.07) is 2.02. The Hall–Kier alpha value is -1.27. The van der Waals surface area contributed by atoms with Crippen LogP contribution in [0.15, 0.2) is 11.6 Å². The summed E-state index contributed by atoms with van der Waals surface area (Å²) in [5.41, 5.74) is 2.96. The van der Waals surface area contributed by atoms with Crippen LogP contribution >= 0.6 is 22.7 Å². The maximum Gasteiger partial charge on any atom is 0.267 e. The highest BCUT2D eigenvalue weighted by Crippen LogP contribution is 2.30. The second-order valence-corrected chi connectivity index (χ2v) is 5.93. The summed E-state index contributed by atoms with van der Waals surface area (Å²) in [6.07, 6.45) is 4.70. The van der Waals surface area contributed by atoms with Gasteiger partial charge in [0.05, 0.1) is 4.88 Å². The average molecular weight is 265 g/mol. The molecule has 2 aromatic rings. The number of nitrogens with zero attached hydrogens (tertiary/aromatic N) is 2. The second kappa shape index (κ2) is 4.54.